The predicted molar refractivity (Wildman–Crippen MR) is 84.1 cm³/mol. The van der Waals surface area contributed by atoms with Crippen LogP contribution in [0.5, 0.6) is 0 Å². The second kappa shape index (κ2) is 6.12. The van der Waals surface area contributed by atoms with Gasteiger partial charge in [-0.15, -0.1) is 0 Å². The van der Waals surface area contributed by atoms with Crippen LogP contribution < -0.4 is 5.32 Å². The first-order valence-electron chi connectivity index (χ1n) is 7.72. The van der Waals surface area contributed by atoms with Gasteiger partial charge in [0.15, 0.2) is 0 Å². The number of aryl methyl sites for hydroxylation is 1. The molecule has 21 heavy (non-hydrogen) atoms. The zero-order valence-corrected chi connectivity index (χ0v) is 12.4. The van der Waals surface area contributed by atoms with Crippen LogP contribution >= 0.6 is 0 Å². The summed E-state index contributed by atoms with van der Waals surface area (Å²) >= 11 is 0. The Kier molecular flexibility index (Phi) is 4.04. The number of hydrogen-bond acceptors (Lipinski definition) is 2. The van der Waals surface area contributed by atoms with Crippen LogP contribution in [0.2, 0.25) is 0 Å². The lowest BCUT2D eigenvalue weighted by Gasteiger charge is -2.08. The summed E-state index contributed by atoms with van der Waals surface area (Å²) in [4.78, 5) is 16.2. The molecular weight excluding hydrogens is 262 g/mol. The molecule has 4 heteroatoms. The fourth-order valence-corrected chi connectivity index (χ4v) is 2.77. The Balaban J connectivity index is 1.70. The summed E-state index contributed by atoms with van der Waals surface area (Å²) in [6, 6.07) is 8.04. The molecule has 0 aliphatic carbocycles. The molecule has 3 rings (SSSR count). The number of imidazole rings is 1. The molecule has 1 N–H and O–H groups in total. The van der Waals surface area contributed by atoms with Gasteiger partial charge >= 0.3 is 0 Å². The molecule has 110 valence electrons. The quantitative estimate of drug-likeness (QED) is 0.911. The van der Waals surface area contributed by atoms with Gasteiger partial charge in [-0.05, 0) is 30.5 Å². The monoisotopic (exact) mass is 283 g/mol. The van der Waals surface area contributed by atoms with E-state index in [2.05, 4.69) is 33.9 Å². The van der Waals surface area contributed by atoms with Crippen LogP contribution in [-0.4, -0.2) is 15.5 Å². The van der Waals surface area contributed by atoms with Gasteiger partial charge in [0.1, 0.15) is 5.82 Å². The molecule has 0 saturated carbocycles. The number of hydrogen-bond donors (Lipinski definition) is 1. The van der Waals surface area contributed by atoms with E-state index in [0.29, 0.717) is 6.42 Å². The molecule has 0 atom stereocenters. The molecule has 0 bridgehead atoms. The predicted octanol–water partition coefficient (Wildman–Crippen LogP) is 3.63. The number of carbonyl (C=O) groups is 1. The Labute approximate surface area is 125 Å². The number of unbranched alkanes of at least 4 members (excludes halogenated alkanes) is 1. The highest BCUT2D eigenvalue weighted by Crippen LogP contribution is 2.26. The highest BCUT2D eigenvalue weighted by molar-refractivity contribution is 5.90. The Morgan fingerprint density at radius 3 is 2.90 bits per heavy atom. The van der Waals surface area contributed by atoms with E-state index >= 15 is 0 Å². The highest BCUT2D eigenvalue weighted by Gasteiger charge is 2.16. The smallest absolute Gasteiger partial charge is 0.224 e. The van der Waals surface area contributed by atoms with Crippen LogP contribution in [0.25, 0.3) is 11.3 Å². The number of anilines is 1. The Bertz CT molecular complexity index is 628. The molecule has 1 aliphatic heterocycles. The lowest BCUT2D eigenvalue weighted by atomic mass is 10.1. The molecule has 2 heterocycles. The summed E-state index contributed by atoms with van der Waals surface area (Å²) in [5, 5.41) is 2.94. The molecule has 1 amide bonds. The fourth-order valence-electron chi connectivity index (χ4n) is 2.77. The topological polar surface area (TPSA) is 46.9 Å². The molecule has 0 saturated heterocycles. The first kappa shape index (κ1) is 13.9. The van der Waals surface area contributed by atoms with E-state index in [-0.39, 0.29) is 5.91 Å². The number of nitrogens with zero attached hydrogens (tertiary/aromatic N) is 2. The van der Waals surface area contributed by atoms with Crippen LogP contribution in [0.4, 0.5) is 5.69 Å². The lowest BCUT2D eigenvalue weighted by Crippen LogP contribution is -2.10. The second-order valence-electron chi connectivity index (χ2n) is 5.54. The van der Waals surface area contributed by atoms with Gasteiger partial charge in [-0.25, -0.2) is 4.98 Å². The molecule has 1 aromatic heterocycles. The molecule has 1 aromatic carbocycles. The van der Waals surface area contributed by atoms with Crippen molar-refractivity contribution >= 4 is 11.6 Å². The van der Waals surface area contributed by atoms with Gasteiger partial charge in [0.05, 0.1) is 11.9 Å². The summed E-state index contributed by atoms with van der Waals surface area (Å²) in [7, 11) is 0. The van der Waals surface area contributed by atoms with E-state index in [1.807, 2.05) is 18.3 Å². The number of benzene rings is 1. The molecule has 0 spiro atoms. The van der Waals surface area contributed by atoms with Gasteiger partial charge in [-0.1, -0.05) is 25.5 Å². The lowest BCUT2D eigenvalue weighted by molar-refractivity contribution is -0.116. The molecule has 0 radical (unpaired) electrons. The number of nitrogens with one attached hydrogen (secondary N) is 1. The summed E-state index contributed by atoms with van der Waals surface area (Å²) in [6.45, 7) is 3.15. The standard InChI is InChI=1S/C17H21N3O/c1-2-3-6-17(21)19-14-9-7-13(8-10-14)15-12-18-16-5-4-11-20(15)16/h7-10,12H,2-6,11H2,1H3,(H,19,21). The molecule has 2 aromatic rings. The van der Waals surface area contributed by atoms with Crippen LogP contribution in [-0.2, 0) is 17.8 Å². The van der Waals surface area contributed by atoms with Crippen molar-refractivity contribution in [3.63, 3.8) is 0 Å². The fraction of sp³-hybridized carbons (Fsp3) is 0.412. The van der Waals surface area contributed by atoms with Gasteiger partial charge in [0.25, 0.3) is 0 Å². The van der Waals surface area contributed by atoms with Gasteiger partial charge < -0.3 is 9.88 Å². The van der Waals surface area contributed by atoms with Crippen LogP contribution in [0.1, 0.15) is 38.4 Å². The van der Waals surface area contributed by atoms with E-state index in [0.717, 1.165) is 37.1 Å². The zero-order chi connectivity index (χ0) is 14.7. The average molecular weight is 283 g/mol. The Hall–Kier alpha value is -2.10. The number of rotatable bonds is 5. The van der Waals surface area contributed by atoms with Crippen LogP contribution in [0.3, 0.4) is 0 Å². The van der Waals surface area contributed by atoms with E-state index in [1.54, 1.807) is 0 Å². The van der Waals surface area contributed by atoms with E-state index in [1.165, 1.54) is 17.9 Å². The minimum Gasteiger partial charge on any atom is -0.328 e. The van der Waals surface area contributed by atoms with Crippen LogP contribution in [0.15, 0.2) is 30.5 Å². The maximum absolute atomic E-state index is 11.7. The van der Waals surface area contributed by atoms with Crippen molar-refractivity contribution in [3.8, 4) is 11.3 Å². The molecule has 0 fully saturated rings. The Morgan fingerprint density at radius 2 is 2.14 bits per heavy atom. The number of amides is 1. The van der Waals surface area contributed by atoms with Crippen molar-refractivity contribution in [1.29, 1.82) is 0 Å². The maximum Gasteiger partial charge on any atom is 0.224 e. The van der Waals surface area contributed by atoms with Gasteiger partial charge in [-0.2, -0.15) is 0 Å². The Morgan fingerprint density at radius 1 is 1.33 bits per heavy atom. The van der Waals surface area contributed by atoms with Crippen molar-refractivity contribution in [2.24, 2.45) is 0 Å². The third kappa shape index (κ3) is 2.99. The summed E-state index contributed by atoms with van der Waals surface area (Å²) < 4.78 is 2.29. The van der Waals surface area contributed by atoms with Crippen LogP contribution in [0, 0.1) is 0 Å². The average Bonchev–Trinajstić information content (AvgIpc) is 3.09. The van der Waals surface area contributed by atoms with Gasteiger partial charge in [0.2, 0.25) is 5.91 Å². The second-order valence-corrected chi connectivity index (χ2v) is 5.54. The maximum atomic E-state index is 11.7. The number of fused-ring (bicyclic) bond motifs is 1. The van der Waals surface area contributed by atoms with Crippen molar-refractivity contribution in [1.82, 2.24) is 9.55 Å². The minimum atomic E-state index is 0.0924. The molecule has 1 aliphatic rings. The summed E-state index contributed by atoms with van der Waals surface area (Å²) in [5.41, 5.74) is 3.19. The molecule has 4 nitrogen and oxygen atoms in total. The van der Waals surface area contributed by atoms with E-state index in [9.17, 15) is 4.79 Å². The summed E-state index contributed by atoms with van der Waals surface area (Å²) in [6.07, 6.45) is 6.77. The SMILES string of the molecule is CCCCC(=O)Nc1ccc(-c2cnc3n2CCC3)cc1. The van der Waals surface area contributed by atoms with E-state index in [4.69, 9.17) is 0 Å². The zero-order valence-electron chi connectivity index (χ0n) is 12.4. The van der Waals surface area contributed by atoms with Gasteiger partial charge in [-0.3, -0.25) is 4.79 Å². The largest absolute Gasteiger partial charge is 0.328 e. The van der Waals surface area contributed by atoms with Crippen molar-refractivity contribution in [3.05, 3.63) is 36.3 Å². The van der Waals surface area contributed by atoms with E-state index < -0.39 is 0 Å². The summed E-state index contributed by atoms with van der Waals surface area (Å²) in [5.74, 6) is 1.27. The normalized spacial score (nSPS) is 13.2. The number of carbonyl (C=O) groups excluding carboxylic acids is 1. The van der Waals surface area contributed by atoms with Crippen molar-refractivity contribution in [2.45, 2.75) is 45.6 Å². The molecular formula is C17H21N3O. The minimum absolute atomic E-state index is 0.0924. The highest BCUT2D eigenvalue weighted by atomic mass is 16.1. The third-order valence-corrected chi connectivity index (χ3v) is 3.94. The van der Waals surface area contributed by atoms with Crippen molar-refractivity contribution in [2.75, 3.05) is 5.32 Å². The molecule has 0 unspecified atom stereocenters. The first-order chi connectivity index (χ1) is 10.3. The third-order valence-electron chi connectivity index (χ3n) is 3.94. The van der Waals surface area contributed by atoms with Gasteiger partial charge in [0, 0.05) is 25.1 Å². The van der Waals surface area contributed by atoms with Crippen molar-refractivity contribution < 1.29 is 4.79 Å². The first-order valence-corrected chi connectivity index (χ1v) is 7.72. The number of aromatic nitrogens is 2.